The number of urea groups is 1. The number of amides is 2. The molecule has 0 saturated carbocycles. The number of ether oxygens (including phenoxy) is 3. The van der Waals surface area contributed by atoms with Crippen molar-refractivity contribution in [3.8, 4) is 17.2 Å². The fourth-order valence-corrected chi connectivity index (χ4v) is 4.04. The lowest BCUT2D eigenvalue weighted by molar-refractivity contribution is 0.256. The Morgan fingerprint density at radius 1 is 1.12 bits per heavy atom. The fourth-order valence-electron chi connectivity index (χ4n) is 2.93. The summed E-state index contributed by atoms with van der Waals surface area (Å²) >= 11 is 1.78. The normalized spacial score (nSPS) is 15.8. The Hall–Kier alpha value is -2.54. The van der Waals surface area contributed by atoms with Gasteiger partial charge in [-0.2, -0.15) is 0 Å². The van der Waals surface area contributed by atoms with Crippen molar-refractivity contribution in [1.29, 1.82) is 0 Å². The first-order valence-corrected chi connectivity index (χ1v) is 9.09. The van der Waals surface area contributed by atoms with Gasteiger partial charge in [-0.1, -0.05) is 19.1 Å². The summed E-state index contributed by atoms with van der Waals surface area (Å²) < 4.78 is 16.0. The van der Waals surface area contributed by atoms with Gasteiger partial charge in [0.15, 0.2) is 11.5 Å². The smallest absolute Gasteiger partial charge is 0.326 e. The summed E-state index contributed by atoms with van der Waals surface area (Å²) in [4.78, 5) is 15.8. The zero-order chi connectivity index (χ0) is 18.7. The molecule has 0 aliphatic carbocycles. The van der Waals surface area contributed by atoms with Crippen molar-refractivity contribution in [3.05, 3.63) is 36.4 Å². The van der Waals surface area contributed by atoms with Crippen LogP contribution in [0.2, 0.25) is 0 Å². The molecule has 26 heavy (non-hydrogen) atoms. The molecule has 0 radical (unpaired) electrons. The largest absolute Gasteiger partial charge is 0.493 e. The molecular weight excluding hydrogens is 352 g/mol. The van der Waals surface area contributed by atoms with Gasteiger partial charge in [0.2, 0.25) is 5.75 Å². The minimum absolute atomic E-state index is 0.195. The number of carbonyl (C=O) groups excluding carboxylic acids is 1. The number of anilines is 2. The van der Waals surface area contributed by atoms with Crippen LogP contribution < -0.4 is 24.4 Å². The second-order valence-electron chi connectivity index (χ2n) is 5.85. The number of para-hydroxylation sites is 1. The molecule has 1 atom stereocenters. The van der Waals surface area contributed by atoms with E-state index in [9.17, 15) is 4.79 Å². The van der Waals surface area contributed by atoms with Crippen LogP contribution in [0.3, 0.4) is 0 Å². The lowest BCUT2D eigenvalue weighted by Gasteiger charge is -2.32. The van der Waals surface area contributed by atoms with E-state index < -0.39 is 0 Å². The average molecular weight is 374 g/mol. The Morgan fingerprint density at radius 2 is 1.77 bits per heavy atom. The van der Waals surface area contributed by atoms with Crippen molar-refractivity contribution in [3.63, 3.8) is 0 Å². The summed E-state index contributed by atoms with van der Waals surface area (Å²) in [7, 11) is 4.63. The molecule has 1 unspecified atom stereocenters. The van der Waals surface area contributed by atoms with Gasteiger partial charge < -0.3 is 19.5 Å². The molecule has 1 aliphatic heterocycles. The number of benzene rings is 2. The topological polar surface area (TPSA) is 60.0 Å². The number of nitrogens with one attached hydrogen (secondary N) is 1. The number of carbonyl (C=O) groups is 1. The lowest BCUT2D eigenvalue weighted by atomic mass is 10.2. The van der Waals surface area contributed by atoms with E-state index in [0.717, 1.165) is 10.6 Å². The molecule has 1 heterocycles. The maximum Gasteiger partial charge on any atom is 0.326 e. The Morgan fingerprint density at radius 3 is 2.38 bits per heavy atom. The molecule has 7 heteroatoms. The third-order valence-corrected chi connectivity index (χ3v) is 5.24. The van der Waals surface area contributed by atoms with Crippen LogP contribution in [-0.4, -0.2) is 39.2 Å². The van der Waals surface area contributed by atoms with Crippen molar-refractivity contribution in [2.75, 3.05) is 38.1 Å². The lowest BCUT2D eigenvalue weighted by Crippen LogP contribution is -2.41. The Labute approximate surface area is 157 Å². The Balaban J connectivity index is 1.89. The molecule has 138 valence electrons. The highest BCUT2D eigenvalue weighted by Crippen LogP contribution is 2.41. The first-order valence-electron chi connectivity index (χ1n) is 8.21. The maximum absolute atomic E-state index is 12.9. The van der Waals surface area contributed by atoms with E-state index in [1.165, 1.54) is 0 Å². The van der Waals surface area contributed by atoms with Gasteiger partial charge in [-0.3, -0.25) is 4.90 Å². The number of hydrogen-bond donors (Lipinski definition) is 1. The molecule has 0 spiro atoms. The van der Waals surface area contributed by atoms with Gasteiger partial charge in [0.1, 0.15) is 0 Å². The van der Waals surface area contributed by atoms with E-state index in [4.69, 9.17) is 14.2 Å². The van der Waals surface area contributed by atoms with Crippen LogP contribution in [0.1, 0.15) is 6.92 Å². The number of nitrogens with zero attached hydrogens (tertiary/aromatic N) is 1. The zero-order valence-corrected chi connectivity index (χ0v) is 16.1. The highest BCUT2D eigenvalue weighted by molar-refractivity contribution is 8.00. The summed E-state index contributed by atoms with van der Waals surface area (Å²) in [6, 6.07) is 11.2. The van der Waals surface area contributed by atoms with Gasteiger partial charge in [-0.05, 0) is 12.1 Å². The molecule has 2 amide bonds. The van der Waals surface area contributed by atoms with Crippen molar-refractivity contribution < 1.29 is 19.0 Å². The van der Waals surface area contributed by atoms with Gasteiger partial charge in [0.05, 0.1) is 32.7 Å². The van der Waals surface area contributed by atoms with Crippen LogP contribution in [0.5, 0.6) is 17.2 Å². The molecule has 2 aromatic carbocycles. The summed E-state index contributed by atoms with van der Waals surface area (Å²) in [5.74, 6) is 1.47. The van der Waals surface area contributed by atoms with Gasteiger partial charge in [-0.15, -0.1) is 11.8 Å². The third kappa shape index (κ3) is 3.53. The van der Waals surface area contributed by atoms with E-state index in [1.807, 2.05) is 24.3 Å². The molecule has 3 rings (SSSR count). The van der Waals surface area contributed by atoms with Crippen LogP contribution in [0.25, 0.3) is 0 Å². The van der Waals surface area contributed by atoms with Crippen LogP contribution in [0.15, 0.2) is 41.3 Å². The van der Waals surface area contributed by atoms with Gasteiger partial charge in [0, 0.05) is 28.8 Å². The minimum atomic E-state index is -0.195. The zero-order valence-electron chi connectivity index (χ0n) is 15.2. The van der Waals surface area contributed by atoms with E-state index in [1.54, 1.807) is 50.1 Å². The van der Waals surface area contributed by atoms with Crippen LogP contribution >= 0.6 is 11.8 Å². The number of hydrogen-bond acceptors (Lipinski definition) is 5. The van der Waals surface area contributed by atoms with Crippen molar-refractivity contribution in [2.45, 2.75) is 17.1 Å². The quantitative estimate of drug-likeness (QED) is 0.867. The van der Waals surface area contributed by atoms with E-state index in [2.05, 4.69) is 12.2 Å². The summed E-state index contributed by atoms with van der Waals surface area (Å²) in [6.07, 6.45) is 0. The molecule has 0 aromatic heterocycles. The van der Waals surface area contributed by atoms with Crippen molar-refractivity contribution >= 4 is 29.2 Å². The Bertz CT molecular complexity index is 787. The van der Waals surface area contributed by atoms with Crippen LogP contribution in [0, 0.1) is 0 Å². The van der Waals surface area contributed by atoms with Gasteiger partial charge in [-0.25, -0.2) is 4.79 Å². The van der Waals surface area contributed by atoms with Crippen molar-refractivity contribution in [1.82, 2.24) is 0 Å². The van der Waals surface area contributed by atoms with E-state index in [-0.39, 0.29) is 6.03 Å². The Kier molecular flexibility index (Phi) is 5.46. The maximum atomic E-state index is 12.9. The summed E-state index contributed by atoms with van der Waals surface area (Å²) in [5, 5.41) is 3.25. The third-order valence-electron chi connectivity index (χ3n) is 4.09. The number of fused-ring (bicyclic) bond motifs is 1. The molecule has 2 aromatic rings. The standard InChI is InChI=1S/C19H22N2O4S/c1-12-11-21(14-7-5-6-8-17(14)26-12)19(22)20-13-9-15(23-2)18(25-4)16(10-13)24-3/h5-10,12H,11H2,1-4H3,(H,20,22). The van der Waals surface area contributed by atoms with Crippen molar-refractivity contribution in [2.24, 2.45) is 0 Å². The number of rotatable bonds is 4. The van der Waals surface area contributed by atoms with E-state index >= 15 is 0 Å². The van der Waals surface area contributed by atoms with E-state index in [0.29, 0.717) is 34.7 Å². The minimum Gasteiger partial charge on any atom is -0.493 e. The highest BCUT2D eigenvalue weighted by Gasteiger charge is 2.27. The second kappa shape index (κ2) is 7.78. The van der Waals surface area contributed by atoms with Gasteiger partial charge >= 0.3 is 6.03 Å². The SMILES string of the molecule is COc1cc(NC(=O)N2CC(C)Sc3ccccc32)cc(OC)c1OC. The van der Waals surface area contributed by atoms with Crippen LogP contribution in [0.4, 0.5) is 16.2 Å². The first kappa shape index (κ1) is 18.3. The molecule has 6 nitrogen and oxygen atoms in total. The highest BCUT2D eigenvalue weighted by atomic mass is 32.2. The molecule has 1 N–H and O–H groups in total. The molecule has 0 saturated heterocycles. The predicted octanol–water partition coefficient (Wildman–Crippen LogP) is 4.25. The molecule has 0 bridgehead atoms. The number of thioether (sulfide) groups is 1. The molecule has 0 fully saturated rings. The average Bonchev–Trinajstić information content (AvgIpc) is 2.66. The fraction of sp³-hybridized carbons (Fsp3) is 0.316. The second-order valence-corrected chi connectivity index (χ2v) is 7.33. The summed E-state index contributed by atoms with van der Waals surface area (Å²) in [5.41, 5.74) is 1.49. The summed E-state index contributed by atoms with van der Waals surface area (Å²) in [6.45, 7) is 2.75. The first-order chi connectivity index (χ1) is 12.6. The molecule has 1 aliphatic rings. The van der Waals surface area contributed by atoms with Gasteiger partial charge in [0.25, 0.3) is 0 Å². The molecular formula is C19H22N2O4S. The monoisotopic (exact) mass is 374 g/mol. The predicted molar refractivity (Wildman–Crippen MR) is 104 cm³/mol. The number of methoxy groups -OCH3 is 3. The van der Waals surface area contributed by atoms with Crippen LogP contribution in [-0.2, 0) is 0 Å².